The van der Waals surface area contributed by atoms with Crippen LogP contribution in [-0.4, -0.2) is 65.1 Å². The summed E-state index contributed by atoms with van der Waals surface area (Å²) in [6, 6.07) is 0. The maximum atomic E-state index is 13.5. The lowest BCUT2D eigenvalue weighted by Crippen LogP contribution is -2.41. The molecular formula is C16H28Cl2FN2O3P. The fourth-order valence-corrected chi connectivity index (χ4v) is 5.68. The molecule has 5 nitrogen and oxygen atoms in total. The van der Waals surface area contributed by atoms with Crippen molar-refractivity contribution in [2.24, 2.45) is 0 Å². The number of nitrogens with zero attached hydrogens (tertiary/aromatic N) is 2. The first-order chi connectivity index (χ1) is 11.9. The molecule has 1 saturated heterocycles. The summed E-state index contributed by atoms with van der Waals surface area (Å²) in [6.45, 7) is 5.56. The van der Waals surface area contributed by atoms with Gasteiger partial charge in [-0.05, 0) is 38.3 Å². The van der Waals surface area contributed by atoms with Gasteiger partial charge in [0.15, 0.2) is 0 Å². The van der Waals surface area contributed by atoms with Crippen LogP contribution in [0, 0.1) is 0 Å². The summed E-state index contributed by atoms with van der Waals surface area (Å²) in [5.74, 6) is 0.137. The number of aliphatic hydroxyl groups is 1. The van der Waals surface area contributed by atoms with Gasteiger partial charge in [-0.25, -0.2) is 13.7 Å². The molecule has 1 rings (SSSR count). The van der Waals surface area contributed by atoms with Crippen molar-refractivity contribution >= 4 is 30.9 Å². The van der Waals surface area contributed by atoms with E-state index in [1.54, 1.807) is 15.4 Å². The third kappa shape index (κ3) is 6.94. The smallest absolute Gasteiger partial charge is 0.346 e. The minimum Gasteiger partial charge on any atom is -0.386 e. The fraction of sp³-hybridized carbons (Fsp3) is 0.750. The monoisotopic (exact) mass is 416 g/mol. The summed E-state index contributed by atoms with van der Waals surface area (Å²) in [6.07, 6.45) is 3.15. The molecule has 0 spiro atoms. The van der Waals surface area contributed by atoms with Crippen molar-refractivity contribution in [1.82, 2.24) is 9.34 Å². The second-order valence-electron chi connectivity index (χ2n) is 5.82. The van der Waals surface area contributed by atoms with Gasteiger partial charge in [-0.2, -0.15) is 0 Å². The first-order valence-corrected chi connectivity index (χ1v) is 11.0. The number of aliphatic hydroxyl groups excluding tert-OH is 1. The number of hydrogen-bond acceptors (Lipinski definition) is 3. The van der Waals surface area contributed by atoms with Crippen molar-refractivity contribution in [3.63, 3.8) is 0 Å². The van der Waals surface area contributed by atoms with E-state index in [2.05, 4.69) is 0 Å². The minimum atomic E-state index is -3.21. The van der Waals surface area contributed by atoms with Crippen LogP contribution in [0.1, 0.15) is 26.7 Å². The Bertz CT molecular complexity index is 496. The van der Waals surface area contributed by atoms with Crippen LogP contribution in [0.4, 0.5) is 4.39 Å². The molecule has 1 atom stereocenters. The van der Waals surface area contributed by atoms with Crippen LogP contribution in [0.2, 0.25) is 0 Å². The molecule has 1 fully saturated rings. The standard InChI is InChI=1S/C16H28Cl2FN2O3P/c1-3-15(5-6-16(19)14(2)22)13-24-25(23)20(11-7-17)9-4-10-21(25)12-8-18/h3,6,14,22H,4-5,7-13H2,1-2H3/b15-3+,16-6+. The minimum absolute atomic E-state index is 0.120. The molecule has 1 N–H and O–H groups in total. The average molecular weight is 417 g/mol. The molecular weight excluding hydrogens is 389 g/mol. The van der Waals surface area contributed by atoms with Gasteiger partial charge < -0.3 is 9.63 Å². The van der Waals surface area contributed by atoms with E-state index in [-0.39, 0.29) is 13.0 Å². The molecule has 9 heteroatoms. The largest absolute Gasteiger partial charge is 0.386 e. The normalized spacial score (nSPS) is 21.5. The molecule has 1 aliphatic heterocycles. The van der Waals surface area contributed by atoms with Gasteiger partial charge in [-0.1, -0.05) is 6.08 Å². The summed E-state index contributed by atoms with van der Waals surface area (Å²) in [5, 5.41) is 9.19. The van der Waals surface area contributed by atoms with E-state index >= 15 is 0 Å². The number of halogens is 3. The van der Waals surface area contributed by atoms with Crippen LogP contribution in [0.5, 0.6) is 0 Å². The Labute approximate surface area is 160 Å². The van der Waals surface area contributed by atoms with Gasteiger partial charge in [0.1, 0.15) is 11.9 Å². The van der Waals surface area contributed by atoms with Crippen LogP contribution in [0.15, 0.2) is 23.6 Å². The molecule has 0 aromatic carbocycles. The number of hydrogen-bond donors (Lipinski definition) is 1. The fourth-order valence-electron chi connectivity index (χ4n) is 2.53. The van der Waals surface area contributed by atoms with E-state index in [0.29, 0.717) is 37.9 Å². The van der Waals surface area contributed by atoms with Crippen molar-refractivity contribution in [1.29, 1.82) is 0 Å². The van der Waals surface area contributed by atoms with Crippen LogP contribution >= 0.6 is 30.9 Å². The van der Waals surface area contributed by atoms with Crippen molar-refractivity contribution in [3.8, 4) is 0 Å². The van der Waals surface area contributed by atoms with E-state index in [1.165, 1.54) is 13.0 Å². The van der Waals surface area contributed by atoms with Crippen LogP contribution in [0.25, 0.3) is 0 Å². The first kappa shape index (κ1) is 23.1. The number of allylic oxidation sites excluding steroid dienone is 2. The third-order valence-electron chi connectivity index (χ3n) is 4.02. The second-order valence-corrected chi connectivity index (χ2v) is 8.95. The lowest BCUT2D eigenvalue weighted by molar-refractivity contribution is 0.194. The average Bonchev–Trinajstić information content (AvgIpc) is 2.58. The summed E-state index contributed by atoms with van der Waals surface area (Å²) in [5.41, 5.74) is 0.785. The molecule has 146 valence electrons. The molecule has 0 aromatic heterocycles. The molecule has 0 radical (unpaired) electrons. The van der Waals surface area contributed by atoms with Crippen molar-refractivity contribution in [2.75, 3.05) is 44.5 Å². The summed E-state index contributed by atoms with van der Waals surface area (Å²) >= 11 is 11.7. The van der Waals surface area contributed by atoms with Crippen molar-refractivity contribution in [3.05, 3.63) is 23.6 Å². The quantitative estimate of drug-likeness (QED) is 0.329. The third-order valence-corrected chi connectivity index (χ3v) is 7.05. The Kier molecular flexibility index (Phi) is 10.8. The highest BCUT2D eigenvalue weighted by Gasteiger charge is 2.41. The van der Waals surface area contributed by atoms with Crippen LogP contribution in [-0.2, 0) is 9.09 Å². The zero-order chi connectivity index (χ0) is 18.9. The Morgan fingerprint density at radius 1 is 1.32 bits per heavy atom. The molecule has 0 saturated carbocycles. The lowest BCUT2D eigenvalue weighted by atomic mass is 10.1. The number of rotatable bonds is 10. The Balaban J connectivity index is 2.82. The molecule has 0 aromatic rings. The maximum Gasteiger partial charge on any atom is 0.346 e. The van der Waals surface area contributed by atoms with Crippen molar-refractivity contribution in [2.45, 2.75) is 32.8 Å². The Hall–Kier alpha value is 0.0600. The van der Waals surface area contributed by atoms with Crippen LogP contribution < -0.4 is 0 Å². The second kappa shape index (κ2) is 11.7. The summed E-state index contributed by atoms with van der Waals surface area (Å²) in [4.78, 5) is 0. The first-order valence-electron chi connectivity index (χ1n) is 8.44. The van der Waals surface area contributed by atoms with Gasteiger partial charge in [0.25, 0.3) is 0 Å². The zero-order valence-electron chi connectivity index (χ0n) is 14.8. The topological polar surface area (TPSA) is 53.0 Å². The summed E-state index contributed by atoms with van der Waals surface area (Å²) in [7, 11) is -3.21. The lowest BCUT2D eigenvalue weighted by Gasteiger charge is -2.41. The summed E-state index contributed by atoms with van der Waals surface area (Å²) < 4.78 is 36.4. The molecule has 25 heavy (non-hydrogen) atoms. The molecule has 0 amide bonds. The molecule has 0 aliphatic carbocycles. The molecule has 1 heterocycles. The SMILES string of the molecule is C/C=C(\C/C=C(/F)C(C)O)COP1(=O)N(CCCl)CCCN1CCCl. The molecule has 1 unspecified atom stereocenters. The highest BCUT2D eigenvalue weighted by atomic mass is 35.5. The van der Waals surface area contributed by atoms with Gasteiger partial charge in [-0.15, -0.1) is 23.2 Å². The molecule has 0 bridgehead atoms. The van der Waals surface area contributed by atoms with E-state index < -0.39 is 19.6 Å². The predicted octanol–water partition coefficient (Wildman–Crippen LogP) is 4.17. The number of alkyl halides is 2. The van der Waals surface area contributed by atoms with Crippen molar-refractivity contribution < 1.29 is 18.6 Å². The zero-order valence-corrected chi connectivity index (χ0v) is 17.2. The van der Waals surface area contributed by atoms with E-state index in [4.69, 9.17) is 27.7 Å². The van der Waals surface area contributed by atoms with E-state index in [9.17, 15) is 14.1 Å². The highest BCUT2D eigenvalue weighted by Crippen LogP contribution is 2.56. The maximum absolute atomic E-state index is 13.5. The Morgan fingerprint density at radius 2 is 1.88 bits per heavy atom. The van der Waals surface area contributed by atoms with Gasteiger partial charge in [0.05, 0.1) is 6.61 Å². The van der Waals surface area contributed by atoms with Gasteiger partial charge in [0, 0.05) is 37.9 Å². The Morgan fingerprint density at radius 3 is 2.32 bits per heavy atom. The highest BCUT2D eigenvalue weighted by molar-refractivity contribution is 7.54. The van der Waals surface area contributed by atoms with E-state index in [1.807, 2.05) is 6.92 Å². The molecule has 1 aliphatic rings. The predicted molar refractivity (Wildman–Crippen MR) is 102 cm³/mol. The van der Waals surface area contributed by atoms with Gasteiger partial charge in [0.2, 0.25) is 0 Å². The van der Waals surface area contributed by atoms with Crippen LogP contribution in [0.3, 0.4) is 0 Å². The van der Waals surface area contributed by atoms with E-state index in [0.717, 1.165) is 12.0 Å². The van der Waals surface area contributed by atoms with Gasteiger partial charge in [-0.3, -0.25) is 4.57 Å². The van der Waals surface area contributed by atoms with Gasteiger partial charge >= 0.3 is 7.67 Å².